The zero-order valence-electron chi connectivity index (χ0n) is 13.1. The Hall–Kier alpha value is -1.48. The van der Waals surface area contributed by atoms with Gasteiger partial charge in [-0.25, -0.2) is 0 Å². The third-order valence-corrected chi connectivity index (χ3v) is 4.52. The van der Waals surface area contributed by atoms with Gasteiger partial charge in [0.25, 0.3) is 0 Å². The van der Waals surface area contributed by atoms with Crippen molar-refractivity contribution in [2.24, 2.45) is 0 Å². The summed E-state index contributed by atoms with van der Waals surface area (Å²) in [5.74, 6) is 0.995. The molecular weight excluding hydrogens is 290 g/mol. The van der Waals surface area contributed by atoms with E-state index in [9.17, 15) is 4.79 Å². The molecule has 1 aromatic rings. The minimum absolute atomic E-state index is 0.164. The average Bonchev–Trinajstić information content (AvgIpc) is 2.56. The Kier molecular flexibility index (Phi) is 7.89. The number of carbonyl (C=O) groups is 1. The molecule has 0 bridgehead atoms. The van der Waals surface area contributed by atoms with Gasteiger partial charge < -0.3 is 5.32 Å². The van der Waals surface area contributed by atoms with E-state index in [0.29, 0.717) is 6.42 Å². The summed E-state index contributed by atoms with van der Waals surface area (Å²) < 4.78 is 0. The summed E-state index contributed by atoms with van der Waals surface area (Å²) in [5.41, 5.74) is 2.71. The van der Waals surface area contributed by atoms with Crippen LogP contribution in [0.5, 0.6) is 0 Å². The van der Waals surface area contributed by atoms with Gasteiger partial charge in [-0.2, -0.15) is 0 Å². The first-order chi connectivity index (χ1) is 10.8. The highest BCUT2D eigenvalue weighted by Gasteiger charge is 2.04. The summed E-state index contributed by atoms with van der Waals surface area (Å²) in [6.07, 6.45) is 11.1. The monoisotopic (exact) mass is 315 g/mol. The van der Waals surface area contributed by atoms with Crippen LogP contribution in [0.15, 0.2) is 47.4 Å². The minimum atomic E-state index is 0.164. The Morgan fingerprint density at radius 2 is 2.09 bits per heavy atom. The second-order valence-electron chi connectivity index (χ2n) is 5.54. The molecule has 3 heteroatoms. The molecule has 118 valence electrons. The normalized spacial score (nSPS) is 14.8. The van der Waals surface area contributed by atoms with E-state index in [2.05, 4.69) is 35.0 Å². The van der Waals surface area contributed by atoms with Gasteiger partial charge in [0.1, 0.15) is 0 Å². The van der Waals surface area contributed by atoms with Crippen LogP contribution in [0.2, 0.25) is 0 Å². The van der Waals surface area contributed by atoms with Crippen molar-refractivity contribution in [3.05, 3.63) is 53.0 Å². The lowest BCUT2D eigenvalue weighted by Gasteiger charge is -2.12. The third-order valence-electron chi connectivity index (χ3n) is 3.76. The summed E-state index contributed by atoms with van der Waals surface area (Å²) in [6, 6.07) is 10.2. The molecule has 2 nitrogen and oxygen atoms in total. The molecule has 22 heavy (non-hydrogen) atoms. The van der Waals surface area contributed by atoms with Crippen molar-refractivity contribution in [1.82, 2.24) is 5.32 Å². The molecule has 1 aliphatic rings. The number of rotatable bonds is 8. The molecule has 0 aromatic heterocycles. The largest absolute Gasteiger partial charge is 0.356 e. The van der Waals surface area contributed by atoms with E-state index >= 15 is 0 Å². The first kappa shape index (κ1) is 16.9. The van der Waals surface area contributed by atoms with E-state index in [1.165, 1.54) is 36.8 Å². The molecule has 0 aliphatic heterocycles. The van der Waals surface area contributed by atoms with Gasteiger partial charge >= 0.3 is 0 Å². The van der Waals surface area contributed by atoms with Crippen molar-refractivity contribution in [3.63, 3.8) is 0 Å². The highest BCUT2D eigenvalue weighted by atomic mass is 32.2. The maximum absolute atomic E-state index is 11.7. The fourth-order valence-electron chi connectivity index (χ4n) is 2.49. The summed E-state index contributed by atoms with van der Waals surface area (Å²) in [4.78, 5) is 11.7. The molecule has 0 heterocycles. The fraction of sp³-hybridized carbons (Fsp3) is 0.421. The average molecular weight is 315 g/mol. The molecule has 0 spiro atoms. The highest BCUT2D eigenvalue weighted by Crippen LogP contribution is 2.19. The number of thioether (sulfide) groups is 1. The molecular formula is C19H25NOS. The number of allylic oxidation sites excluding steroid dienone is 1. The van der Waals surface area contributed by atoms with Gasteiger partial charge in [-0.05, 0) is 49.2 Å². The molecule has 1 aliphatic carbocycles. The molecule has 0 saturated carbocycles. The molecule has 0 atom stereocenters. The van der Waals surface area contributed by atoms with Gasteiger partial charge in [0.15, 0.2) is 0 Å². The van der Waals surface area contributed by atoms with Crippen LogP contribution < -0.4 is 5.32 Å². The Labute approximate surface area is 138 Å². The number of benzene rings is 1. The lowest BCUT2D eigenvalue weighted by atomic mass is 9.97. The molecule has 0 radical (unpaired) electrons. The molecule has 0 fully saturated rings. The summed E-state index contributed by atoms with van der Waals surface area (Å²) in [6.45, 7) is 0.787. The van der Waals surface area contributed by atoms with E-state index in [1.54, 1.807) is 11.8 Å². The molecule has 1 N–H and O–H groups in total. The third kappa shape index (κ3) is 6.99. The summed E-state index contributed by atoms with van der Waals surface area (Å²) >= 11 is 1.69. The number of nitrogens with one attached hydrogen (secondary N) is 1. The van der Waals surface area contributed by atoms with Crippen LogP contribution in [0, 0.1) is 0 Å². The van der Waals surface area contributed by atoms with Crippen molar-refractivity contribution in [1.29, 1.82) is 0 Å². The van der Waals surface area contributed by atoms with Crippen LogP contribution in [0.25, 0.3) is 6.08 Å². The number of amides is 1. The standard InChI is InChI=1S/C19H25NOS/c21-19(20-14-11-17-7-3-1-4-8-17)13-16-22-15-12-18-9-5-2-6-10-18/h2,5-7,9-10,12,15H,1,3-4,8,11,13-14,16H2,(H,20,21)/b15-12-. The van der Waals surface area contributed by atoms with Gasteiger partial charge in [-0.3, -0.25) is 4.79 Å². The van der Waals surface area contributed by atoms with E-state index in [4.69, 9.17) is 0 Å². The molecule has 1 amide bonds. The Balaban J connectivity index is 1.52. The second kappa shape index (κ2) is 10.3. The zero-order valence-corrected chi connectivity index (χ0v) is 13.9. The van der Waals surface area contributed by atoms with Crippen molar-refractivity contribution in [2.75, 3.05) is 12.3 Å². The molecule has 2 rings (SSSR count). The van der Waals surface area contributed by atoms with Gasteiger partial charge in [0.05, 0.1) is 0 Å². The Morgan fingerprint density at radius 1 is 1.23 bits per heavy atom. The van der Waals surface area contributed by atoms with E-state index in [1.807, 2.05) is 18.2 Å². The van der Waals surface area contributed by atoms with E-state index in [0.717, 1.165) is 18.7 Å². The van der Waals surface area contributed by atoms with E-state index < -0.39 is 0 Å². The second-order valence-corrected chi connectivity index (χ2v) is 6.56. The van der Waals surface area contributed by atoms with Crippen LogP contribution in [0.4, 0.5) is 0 Å². The lowest BCUT2D eigenvalue weighted by molar-refractivity contribution is -0.120. The minimum Gasteiger partial charge on any atom is -0.356 e. The fourth-order valence-corrected chi connectivity index (χ4v) is 3.19. The predicted octanol–water partition coefficient (Wildman–Crippen LogP) is 4.79. The molecule has 0 unspecified atom stereocenters. The zero-order chi connectivity index (χ0) is 15.5. The van der Waals surface area contributed by atoms with Crippen molar-refractivity contribution in [2.45, 2.75) is 38.5 Å². The van der Waals surface area contributed by atoms with Crippen molar-refractivity contribution in [3.8, 4) is 0 Å². The smallest absolute Gasteiger partial charge is 0.220 e. The topological polar surface area (TPSA) is 29.1 Å². The molecule has 0 saturated heterocycles. The van der Waals surface area contributed by atoms with Gasteiger partial charge in [0.2, 0.25) is 5.91 Å². The number of carbonyl (C=O) groups excluding carboxylic acids is 1. The Bertz CT molecular complexity index is 507. The summed E-state index contributed by atoms with van der Waals surface area (Å²) in [5, 5.41) is 5.09. The summed E-state index contributed by atoms with van der Waals surface area (Å²) in [7, 11) is 0. The van der Waals surface area contributed by atoms with Crippen LogP contribution in [0.1, 0.15) is 44.1 Å². The van der Waals surface area contributed by atoms with E-state index in [-0.39, 0.29) is 5.91 Å². The van der Waals surface area contributed by atoms with Crippen LogP contribution in [0.3, 0.4) is 0 Å². The number of hydrogen-bond donors (Lipinski definition) is 1. The SMILES string of the molecule is O=C(CCS/C=C\c1ccccc1)NCCC1=CCCCC1. The Morgan fingerprint density at radius 3 is 2.86 bits per heavy atom. The quantitative estimate of drug-likeness (QED) is 0.552. The van der Waals surface area contributed by atoms with Gasteiger partial charge in [0, 0.05) is 18.7 Å². The van der Waals surface area contributed by atoms with Gasteiger partial charge in [-0.1, -0.05) is 42.0 Å². The lowest BCUT2D eigenvalue weighted by Crippen LogP contribution is -2.25. The molecule has 1 aromatic carbocycles. The van der Waals surface area contributed by atoms with Crippen LogP contribution in [-0.2, 0) is 4.79 Å². The first-order valence-corrected chi connectivity index (χ1v) is 9.17. The van der Waals surface area contributed by atoms with Crippen molar-refractivity contribution >= 4 is 23.7 Å². The maximum Gasteiger partial charge on any atom is 0.220 e. The predicted molar refractivity (Wildman–Crippen MR) is 96.7 cm³/mol. The number of hydrogen-bond acceptors (Lipinski definition) is 2. The van der Waals surface area contributed by atoms with Gasteiger partial charge in [-0.15, -0.1) is 11.8 Å². The highest BCUT2D eigenvalue weighted by molar-refractivity contribution is 8.02. The van der Waals surface area contributed by atoms with Crippen molar-refractivity contribution < 1.29 is 4.79 Å². The first-order valence-electron chi connectivity index (χ1n) is 8.12. The van der Waals surface area contributed by atoms with Crippen LogP contribution >= 0.6 is 11.8 Å². The van der Waals surface area contributed by atoms with Crippen LogP contribution in [-0.4, -0.2) is 18.2 Å². The maximum atomic E-state index is 11.7.